The summed E-state index contributed by atoms with van der Waals surface area (Å²) >= 11 is 0. The van der Waals surface area contributed by atoms with Crippen molar-refractivity contribution in [3.8, 4) is 0 Å². The first-order valence-electron chi connectivity index (χ1n) is 1.41. The van der Waals surface area contributed by atoms with Crippen molar-refractivity contribution in [2.45, 2.75) is 0 Å². The van der Waals surface area contributed by atoms with Crippen LogP contribution in [-0.2, 0) is 18.9 Å². The van der Waals surface area contributed by atoms with Crippen molar-refractivity contribution in [2.24, 2.45) is 0 Å². The van der Waals surface area contributed by atoms with Gasteiger partial charge in [0.15, 0.2) is 0 Å². The summed E-state index contributed by atoms with van der Waals surface area (Å²) in [7, 11) is -10.8. The van der Waals surface area contributed by atoms with Gasteiger partial charge < -0.3 is 14.3 Å². The van der Waals surface area contributed by atoms with Gasteiger partial charge in [-0.15, -0.1) is 0 Å². The molecule has 0 rings (SSSR count). The van der Waals surface area contributed by atoms with Gasteiger partial charge >= 0.3 is 51.4 Å². The Balaban J connectivity index is 0. The van der Waals surface area contributed by atoms with Gasteiger partial charge in [0.25, 0.3) is 7.82 Å². The van der Waals surface area contributed by atoms with E-state index in [1.807, 2.05) is 0 Å². The topological polar surface area (TPSA) is 127 Å². The molecule has 0 fully saturated rings. The maximum atomic E-state index is 9.43. The first kappa shape index (κ1) is 14.2. The zero-order chi connectivity index (χ0) is 7.71. The second-order valence-electron chi connectivity index (χ2n) is 0.951. The van der Waals surface area contributed by atoms with Crippen molar-refractivity contribution in [3.63, 3.8) is 0 Å². The Morgan fingerprint density at radius 3 is 1.80 bits per heavy atom. The van der Waals surface area contributed by atoms with Crippen LogP contribution in [0.2, 0.25) is 0 Å². The van der Waals surface area contributed by atoms with Gasteiger partial charge in [-0.3, -0.25) is 4.57 Å². The van der Waals surface area contributed by atoms with Gasteiger partial charge in [0, 0.05) is 0 Å². The van der Waals surface area contributed by atoms with Crippen LogP contribution in [0, 0.1) is 0 Å². The zero-order valence-electron chi connectivity index (χ0n) is 4.75. The fourth-order valence-corrected chi connectivity index (χ4v) is 1.04. The fourth-order valence-electron chi connectivity index (χ4n) is 0.115. The molecule has 0 bridgehead atoms. The van der Waals surface area contributed by atoms with Crippen LogP contribution in [0.15, 0.2) is 0 Å². The van der Waals surface area contributed by atoms with E-state index in [2.05, 4.69) is 3.97 Å². The Labute approximate surface area is 99.4 Å². The molecular weight excluding hydrogens is 214 g/mol. The molecule has 0 saturated carbocycles. The summed E-state index contributed by atoms with van der Waals surface area (Å²) < 4.78 is 40.0. The summed E-state index contributed by atoms with van der Waals surface area (Å²) in [5.74, 6) is 0. The van der Waals surface area contributed by atoms with Crippen molar-refractivity contribution in [3.05, 3.63) is 0 Å². The van der Waals surface area contributed by atoms with Crippen LogP contribution in [-0.4, -0.2) is 17.9 Å². The third kappa shape index (κ3) is 12.3. The number of rotatable bonds is 2. The van der Waals surface area contributed by atoms with Crippen molar-refractivity contribution in [2.75, 3.05) is 0 Å². The van der Waals surface area contributed by atoms with E-state index in [4.69, 9.17) is 4.89 Å². The molecule has 56 valence electrons. The molecule has 1 unspecified atom stereocenters. The van der Waals surface area contributed by atoms with Crippen LogP contribution in [0.25, 0.3) is 0 Å². The molecule has 0 radical (unpaired) electrons. The van der Waals surface area contributed by atoms with Crippen LogP contribution in [0.3, 0.4) is 0 Å². The quantitative estimate of drug-likeness (QED) is 0.211. The molecule has 0 aliphatic heterocycles. The monoisotopic (exact) mass is 215 g/mol. The van der Waals surface area contributed by atoms with Crippen molar-refractivity contribution in [1.82, 2.24) is 0 Å². The molecule has 0 heterocycles. The Hall–Kier alpha value is 1.66. The average Bonchev–Trinajstić information content (AvgIpc) is 1.14. The van der Waals surface area contributed by atoms with Crippen molar-refractivity contribution < 1.29 is 82.7 Å². The predicted octanol–water partition coefficient (Wildman–Crippen LogP) is -5.07. The second kappa shape index (κ2) is 4.63. The van der Waals surface area contributed by atoms with E-state index < -0.39 is 18.2 Å². The molecule has 0 aromatic heterocycles. The van der Waals surface area contributed by atoms with Crippen LogP contribution >= 0.6 is 7.82 Å². The Bertz CT molecular complexity index is 220. The Morgan fingerprint density at radius 2 is 1.80 bits per heavy atom. The first-order valence-corrected chi connectivity index (χ1v) is 4.24. The molecule has 0 saturated heterocycles. The van der Waals surface area contributed by atoms with E-state index in [0.29, 0.717) is 0 Å². The van der Waals surface area contributed by atoms with Gasteiger partial charge in [-0.2, -0.15) is 0 Å². The molecule has 1 atom stereocenters. The molecular formula is HKO7PS-. The molecule has 0 amide bonds. The van der Waals surface area contributed by atoms with E-state index in [-0.39, 0.29) is 51.4 Å². The van der Waals surface area contributed by atoms with E-state index in [1.54, 1.807) is 0 Å². The normalized spacial score (nSPS) is 17.1. The van der Waals surface area contributed by atoms with Gasteiger partial charge in [-0.1, -0.05) is 0 Å². The molecule has 1 N–H and O–H groups in total. The maximum Gasteiger partial charge on any atom is 1.00 e. The van der Waals surface area contributed by atoms with Gasteiger partial charge in [-0.05, 0) is 0 Å². The minimum absolute atomic E-state index is 0. The fraction of sp³-hybridized carbons (Fsp3) is 0. The van der Waals surface area contributed by atoms with Crippen molar-refractivity contribution >= 4 is 18.2 Å². The van der Waals surface area contributed by atoms with Crippen LogP contribution in [0.5, 0.6) is 0 Å². The van der Waals surface area contributed by atoms with Crippen LogP contribution in [0.1, 0.15) is 0 Å². The molecule has 10 heavy (non-hydrogen) atoms. The van der Waals surface area contributed by atoms with E-state index in [0.717, 1.165) is 0 Å². The summed E-state index contributed by atoms with van der Waals surface area (Å²) in [5, 5.41) is 0. The van der Waals surface area contributed by atoms with Gasteiger partial charge in [0.2, 0.25) is 10.4 Å². The van der Waals surface area contributed by atoms with E-state index in [9.17, 15) is 22.4 Å². The minimum Gasteiger partial charge on any atom is -0.756 e. The average molecular weight is 215 g/mol. The van der Waals surface area contributed by atoms with Gasteiger partial charge in [0.1, 0.15) is 0 Å². The minimum atomic E-state index is -5.44. The van der Waals surface area contributed by atoms with Crippen molar-refractivity contribution in [1.29, 1.82) is 0 Å². The SMILES string of the molecule is O=P([O-])(O)OS(=O)(=O)[O-].[K+]. The molecule has 0 aromatic carbocycles. The van der Waals surface area contributed by atoms with Gasteiger partial charge in [0.05, 0.1) is 0 Å². The summed E-state index contributed by atoms with van der Waals surface area (Å²) in [6, 6.07) is 0. The summed E-state index contributed by atoms with van der Waals surface area (Å²) in [4.78, 5) is 17.0. The molecule has 0 aliphatic rings. The predicted molar refractivity (Wildman–Crippen MR) is 20.6 cm³/mol. The first-order chi connectivity index (χ1) is 3.71. The third-order valence-electron chi connectivity index (χ3n) is 0.185. The number of hydrogen-bond acceptors (Lipinski definition) is 6. The van der Waals surface area contributed by atoms with Crippen LogP contribution in [0.4, 0.5) is 0 Å². The number of phosphoric acid groups is 1. The third-order valence-corrected chi connectivity index (χ3v) is 1.67. The Kier molecular flexibility index (Phi) is 6.57. The molecule has 7 nitrogen and oxygen atoms in total. The molecule has 0 spiro atoms. The maximum absolute atomic E-state index is 9.43. The molecule has 0 aliphatic carbocycles. The second-order valence-corrected chi connectivity index (χ2v) is 3.30. The molecule has 10 heteroatoms. The number of hydrogen-bond donors (Lipinski definition) is 1. The summed E-state index contributed by atoms with van der Waals surface area (Å²) in [5.41, 5.74) is 0. The molecule has 0 aromatic rings. The Morgan fingerprint density at radius 1 is 1.50 bits per heavy atom. The summed E-state index contributed by atoms with van der Waals surface area (Å²) in [6.07, 6.45) is 0. The largest absolute Gasteiger partial charge is 1.00 e. The van der Waals surface area contributed by atoms with Gasteiger partial charge in [-0.25, -0.2) is 12.4 Å². The standard InChI is InChI=1S/K.H3O7PS/c;1-8(2,3)7-9(4,5)6/h;(H2,1,2,3)(H,4,5,6)/q+1;/p-2. The zero-order valence-corrected chi connectivity index (χ0v) is 9.59. The van der Waals surface area contributed by atoms with E-state index in [1.165, 1.54) is 0 Å². The smallest absolute Gasteiger partial charge is 0.756 e. The van der Waals surface area contributed by atoms with Crippen LogP contribution < -0.4 is 56.3 Å². The summed E-state index contributed by atoms with van der Waals surface area (Å²) in [6.45, 7) is 0. The van der Waals surface area contributed by atoms with E-state index >= 15 is 0 Å².